The molecule has 0 amide bonds. The topological polar surface area (TPSA) is 67.0 Å². The number of benzene rings is 1. The minimum absolute atomic E-state index is 0.506. The van der Waals surface area contributed by atoms with Crippen molar-refractivity contribution in [2.75, 3.05) is 4.90 Å². The molecule has 7 heteroatoms. The van der Waals surface area contributed by atoms with Crippen molar-refractivity contribution in [3.05, 3.63) is 71.5 Å². The second kappa shape index (κ2) is 6.80. The molecule has 1 aliphatic heterocycles. The van der Waals surface area contributed by atoms with Gasteiger partial charge in [-0.05, 0) is 30.7 Å². The van der Waals surface area contributed by atoms with Crippen LogP contribution in [0, 0.1) is 5.41 Å². The number of amidine groups is 1. The van der Waals surface area contributed by atoms with Crippen molar-refractivity contribution in [1.29, 1.82) is 5.41 Å². The fourth-order valence-corrected chi connectivity index (χ4v) is 3.97. The van der Waals surface area contributed by atoms with Gasteiger partial charge in [0.2, 0.25) is 0 Å². The molecule has 5 rings (SSSR count). The number of aromatic nitrogens is 3. The Hall–Kier alpha value is -3.12. The molecule has 0 spiro atoms. The third-order valence-corrected chi connectivity index (χ3v) is 5.36. The maximum absolute atomic E-state index is 8.62. The highest BCUT2D eigenvalue weighted by Gasteiger charge is 2.28. The number of hydrogen-bond acceptors (Lipinski definition) is 4. The molecule has 28 heavy (non-hydrogen) atoms. The highest BCUT2D eigenvalue weighted by Crippen LogP contribution is 2.36. The van der Waals surface area contributed by atoms with Gasteiger partial charge in [-0.3, -0.25) is 10.3 Å². The average Bonchev–Trinajstić information content (AvgIpc) is 3.07. The van der Waals surface area contributed by atoms with E-state index in [1.54, 1.807) is 6.33 Å². The highest BCUT2D eigenvalue weighted by molar-refractivity contribution is 6.31. The number of halogens is 1. The molecule has 2 aromatic heterocycles. The van der Waals surface area contributed by atoms with Gasteiger partial charge in [-0.15, -0.1) is 0 Å². The van der Waals surface area contributed by atoms with Crippen molar-refractivity contribution in [1.82, 2.24) is 14.5 Å². The van der Waals surface area contributed by atoms with Crippen LogP contribution in [0.1, 0.15) is 19.3 Å². The summed E-state index contributed by atoms with van der Waals surface area (Å²) >= 11 is 6.56. The van der Waals surface area contributed by atoms with E-state index in [0.717, 1.165) is 40.6 Å². The molecule has 1 N–H and O–H groups in total. The molecule has 3 aromatic rings. The summed E-state index contributed by atoms with van der Waals surface area (Å²) in [5.74, 6) is 2.76. The Kier molecular flexibility index (Phi) is 4.13. The van der Waals surface area contributed by atoms with Crippen LogP contribution in [0.15, 0.2) is 71.5 Å². The summed E-state index contributed by atoms with van der Waals surface area (Å²) in [6, 6.07) is 11.6. The summed E-state index contributed by atoms with van der Waals surface area (Å²) in [4.78, 5) is 10.8. The van der Waals surface area contributed by atoms with Gasteiger partial charge in [-0.25, -0.2) is 9.97 Å². The van der Waals surface area contributed by atoms with Crippen LogP contribution in [0.25, 0.3) is 11.0 Å². The highest BCUT2D eigenvalue weighted by atomic mass is 35.5. The molecule has 140 valence electrons. The van der Waals surface area contributed by atoms with Gasteiger partial charge in [0.15, 0.2) is 5.82 Å². The summed E-state index contributed by atoms with van der Waals surface area (Å²) in [6.07, 6.45) is 7.45. The lowest BCUT2D eigenvalue weighted by molar-refractivity contribution is 0.398. The number of nitrogens with zero attached hydrogens (tertiary/aromatic N) is 4. The molecule has 3 heterocycles. The Labute approximate surface area is 167 Å². The van der Waals surface area contributed by atoms with Crippen LogP contribution in [0.3, 0.4) is 0 Å². The number of allylic oxidation sites excluding steroid dienone is 4. The van der Waals surface area contributed by atoms with Gasteiger partial charge in [0.1, 0.15) is 29.2 Å². The standard InChI is InChI=1S/C21H18ClN5O/c22-16-12-14(6-7-18(16)28-15-4-2-1-3-5-15)27-19(23)9-11-26-10-8-17-20(26)21(27)25-13-24-17/h1-5,8,10,12-13,23H,6-7,9,11H2. The quantitative estimate of drug-likeness (QED) is 0.694. The number of para-hydroxylation sites is 1. The molecule has 0 fully saturated rings. The SMILES string of the molecule is N=C1CCn2ccc3ncnc(c32)N1C1=CC(Cl)=C(Oc2ccccc2)CC1. The summed E-state index contributed by atoms with van der Waals surface area (Å²) in [6.45, 7) is 0.735. The van der Waals surface area contributed by atoms with Crippen molar-refractivity contribution in [2.24, 2.45) is 0 Å². The van der Waals surface area contributed by atoms with E-state index in [0.29, 0.717) is 30.1 Å². The lowest BCUT2D eigenvalue weighted by Gasteiger charge is -2.28. The van der Waals surface area contributed by atoms with E-state index in [2.05, 4.69) is 14.5 Å². The first-order valence-electron chi connectivity index (χ1n) is 9.20. The summed E-state index contributed by atoms with van der Waals surface area (Å²) < 4.78 is 8.07. The van der Waals surface area contributed by atoms with Gasteiger partial charge in [-0.2, -0.15) is 0 Å². The molecule has 0 radical (unpaired) electrons. The minimum Gasteiger partial charge on any atom is -0.460 e. The first-order chi connectivity index (χ1) is 13.7. The van der Waals surface area contributed by atoms with E-state index < -0.39 is 0 Å². The van der Waals surface area contributed by atoms with Crippen molar-refractivity contribution in [3.8, 4) is 5.75 Å². The monoisotopic (exact) mass is 391 g/mol. The van der Waals surface area contributed by atoms with E-state index in [-0.39, 0.29) is 0 Å². The molecule has 0 saturated heterocycles. The first kappa shape index (κ1) is 17.0. The van der Waals surface area contributed by atoms with Crippen LogP contribution >= 0.6 is 11.6 Å². The molecule has 1 aliphatic carbocycles. The van der Waals surface area contributed by atoms with Gasteiger partial charge in [0.25, 0.3) is 0 Å². The smallest absolute Gasteiger partial charge is 0.166 e. The Morgan fingerprint density at radius 3 is 2.71 bits per heavy atom. The Morgan fingerprint density at radius 1 is 1.04 bits per heavy atom. The zero-order valence-electron chi connectivity index (χ0n) is 15.1. The predicted molar refractivity (Wildman–Crippen MR) is 110 cm³/mol. The summed E-state index contributed by atoms with van der Waals surface area (Å²) in [5, 5.41) is 9.17. The third kappa shape index (κ3) is 2.86. The zero-order chi connectivity index (χ0) is 19.1. The number of nitrogens with one attached hydrogen (secondary N) is 1. The Balaban J connectivity index is 1.54. The number of rotatable bonds is 3. The maximum atomic E-state index is 8.62. The van der Waals surface area contributed by atoms with Crippen LogP contribution in [-0.4, -0.2) is 20.4 Å². The second-order valence-corrected chi connectivity index (χ2v) is 7.20. The summed E-state index contributed by atoms with van der Waals surface area (Å²) in [5.41, 5.74) is 2.79. The van der Waals surface area contributed by atoms with Gasteiger partial charge in [0, 0.05) is 31.3 Å². The van der Waals surface area contributed by atoms with E-state index >= 15 is 0 Å². The summed E-state index contributed by atoms with van der Waals surface area (Å²) in [7, 11) is 0. The van der Waals surface area contributed by atoms with Crippen molar-refractivity contribution >= 4 is 34.3 Å². The first-order valence-corrected chi connectivity index (χ1v) is 9.58. The number of anilines is 1. The fourth-order valence-electron chi connectivity index (χ4n) is 3.71. The largest absolute Gasteiger partial charge is 0.460 e. The van der Waals surface area contributed by atoms with E-state index in [1.165, 1.54) is 0 Å². The van der Waals surface area contributed by atoms with Crippen molar-refractivity contribution < 1.29 is 4.74 Å². The zero-order valence-corrected chi connectivity index (χ0v) is 15.9. The third-order valence-electron chi connectivity index (χ3n) is 5.04. The van der Waals surface area contributed by atoms with E-state index in [1.807, 2.05) is 53.6 Å². The maximum Gasteiger partial charge on any atom is 0.166 e. The predicted octanol–water partition coefficient (Wildman–Crippen LogP) is 4.83. The van der Waals surface area contributed by atoms with Gasteiger partial charge < -0.3 is 9.30 Å². The molecular weight excluding hydrogens is 374 g/mol. The molecule has 1 aromatic carbocycles. The van der Waals surface area contributed by atoms with Gasteiger partial charge in [-0.1, -0.05) is 29.8 Å². The lowest BCUT2D eigenvalue weighted by atomic mass is 10.1. The van der Waals surface area contributed by atoms with Gasteiger partial charge in [0.05, 0.1) is 10.5 Å². The molecule has 0 bridgehead atoms. The van der Waals surface area contributed by atoms with Crippen molar-refractivity contribution in [3.63, 3.8) is 0 Å². The van der Waals surface area contributed by atoms with Crippen LogP contribution in [0.5, 0.6) is 5.75 Å². The fraction of sp³-hybridized carbons (Fsp3) is 0.190. The van der Waals surface area contributed by atoms with Crippen LogP contribution in [0.4, 0.5) is 5.82 Å². The number of ether oxygens (including phenoxy) is 1. The van der Waals surface area contributed by atoms with Crippen LogP contribution in [-0.2, 0) is 6.54 Å². The molecular formula is C21H18ClN5O. The molecule has 0 saturated carbocycles. The molecule has 0 atom stereocenters. The average molecular weight is 392 g/mol. The van der Waals surface area contributed by atoms with Crippen molar-refractivity contribution in [2.45, 2.75) is 25.8 Å². The number of hydrogen-bond donors (Lipinski definition) is 1. The molecule has 2 aliphatic rings. The van der Waals surface area contributed by atoms with Crippen LogP contribution < -0.4 is 9.64 Å². The second-order valence-electron chi connectivity index (χ2n) is 6.79. The number of aryl methyl sites for hydroxylation is 1. The lowest BCUT2D eigenvalue weighted by Crippen LogP contribution is -2.31. The van der Waals surface area contributed by atoms with E-state index in [4.69, 9.17) is 21.7 Å². The normalized spacial score (nSPS) is 17.0. The molecule has 6 nitrogen and oxygen atoms in total. The van der Waals surface area contributed by atoms with Crippen LogP contribution in [0.2, 0.25) is 0 Å². The Morgan fingerprint density at radius 2 is 1.89 bits per heavy atom. The van der Waals surface area contributed by atoms with E-state index in [9.17, 15) is 0 Å². The Bertz CT molecular complexity index is 1130. The molecule has 0 unspecified atom stereocenters. The minimum atomic E-state index is 0.506. The van der Waals surface area contributed by atoms with Gasteiger partial charge >= 0.3 is 0 Å².